The van der Waals surface area contributed by atoms with E-state index in [9.17, 15) is 4.79 Å². The van der Waals surface area contributed by atoms with Crippen LogP contribution in [0.3, 0.4) is 0 Å². The van der Waals surface area contributed by atoms with E-state index < -0.39 is 0 Å². The van der Waals surface area contributed by atoms with Gasteiger partial charge in [0.2, 0.25) is 0 Å². The summed E-state index contributed by atoms with van der Waals surface area (Å²) in [6.07, 6.45) is 4.84. The average Bonchev–Trinajstić information content (AvgIpc) is 3.19. The van der Waals surface area contributed by atoms with Crippen LogP contribution in [0, 0.1) is 0 Å². The van der Waals surface area contributed by atoms with Gasteiger partial charge in [0, 0.05) is 36.0 Å². The highest BCUT2D eigenvalue weighted by atomic mass is 16.5. The molecule has 0 N–H and O–H groups in total. The van der Waals surface area contributed by atoms with Crippen LogP contribution in [-0.4, -0.2) is 17.5 Å². The molecule has 0 aliphatic heterocycles. The summed E-state index contributed by atoms with van der Waals surface area (Å²) in [5, 5.41) is 1.14. The summed E-state index contributed by atoms with van der Waals surface area (Å²) in [4.78, 5) is 12.3. The molecule has 24 heavy (non-hydrogen) atoms. The molecular formula is C21H21NO2. The van der Waals surface area contributed by atoms with Crippen molar-refractivity contribution in [3.05, 3.63) is 65.9 Å². The lowest BCUT2D eigenvalue weighted by molar-refractivity contribution is -0.118. The second-order valence-electron chi connectivity index (χ2n) is 6.49. The molecule has 122 valence electrons. The van der Waals surface area contributed by atoms with E-state index in [0.717, 1.165) is 41.6 Å². The minimum Gasteiger partial charge on any atom is -0.497 e. The number of benzene rings is 2. The summed E-state index contributed by atoms with van der Waals surface area (Å²) in [6.45, 7) is 0.810. The minimum absolute atomic E-state index is 0.0385. The lowest BCUT2D eigenvalue weighted by Gasteiger charge is -2.07. The van der Waals surface area contributed by atoms with Gasteiger partial charge in [-0.3, -0.25) is 4.79 Å². The number of carbonyl (C=O) groups excluding carboxylic acids is 1. The van der Waals surface area contributed by atoms with Crippen LogP contribution in [0.4, 0.5) is 0 Å². The fourth-order valence-electron chi connectivity index (χ4n) is 3.76. The van der Waals surface area contributed by atoms with Crippen molar-refractivity contribution in [2.24, 2.45) is 0 Å². The van der Waals surface area contributed by atoms with E-state index in [1.54, 1.807) is 7.11 Å². The lowest BCUT2D eigenvalue weighted by Crippen LogP contribution is -2.03. The van der Waals surface area contributed by atoms with Gasteiger partial charge in [-0.05, 0) is 42.2 Å². The molecule has 0 bridgehead atoms. The number of ketones is 1. The third-order valence-electron chi connectivity index (χ3n) is 4.99. The third kappa shape index (κ3) is 2.60. The lowest BCUT2D eigenvalue weighted by atomic mass is 9.96. The van der Waals surface area contributed by atoms with E-state index in [-0.39, 0.29) is 5.92 Å². The van der Waals surface area contributed by atoms with E-state index in [4.69, 9.17) is 4.74 Å². The SMILES string of the molecule is COc1ccc2c(c1)c([C@@H]1CCCC1=O)cn2Cc1ccccc1. The highest BCUT2D eigenvalue weighted by molar-refractivity contribution is 5.95. The Morgan fingerprint density at radius 3 is 2.71 bits per heavy atom. The molecule has 0 saturated heterocycles. The van der Waals surface area contributed by atoms with Crippen LogP contribution in [0.1, 0.15) is 36.3 Å². The van der Waals surface area contributed by atoms with E-state index in [0.29, 0.717) is 12.2 Å². The molecule has 1 aromatic heterocycles. The van der Waals surface area contributed by atoms with Crippen LogP contribution in [0.5, 0.6) is 5.75 Å². The normalized spacial score (nSPS) is 17.5. The van der Waals surface area contributed by atoms with Crippen LogP contribution in [0.25, 0.3) is 10.9 Å². The number of aromatic nitrogens is 1. The molecule has 1 fully saturated rings. The van der Waals surface area contributed by atoms with Gasteiger partial charge in [0.25, 0.3) is 0 Å². The van der Waals surface area contributed by atoms with Crippen LogP contribution in [-0.2, 0) is 11.3 Å². The van der Waals surface area contributed by atoms with E-state index in [1.807, 2.05) is 12.1 Å². The number of Topliss-reactive ketones (excluding diaryl/α,β-unsaturated/α-hetero) is 1. The molecular weight excluding hydrogens is 298 g/mol. The third-order valence-corrected chi connectivity index (χ3v) is 4.99. The van der Waals surface area contributed by atoms with Crippen molar-refractivity contribution in [1.29, 1.82) is 0 Å². The fraction of sp³-hybridized carbons (Fsp3) is 0.286. The summed E-state index contributed by atoms with van der Waals surface area (Å²) in [7, 11) is 1.68. The van der Waals surface area contributed by atoms with Gasteiger partial charge in [-0.15, -0.1) is 0 Å². The second kappa shape index (κ2) is 6.16. The Labute approximate surface area is 141 Å². The Morgan fingerprint density at radius 1 is 1.17 bits per heavy atom. The maximum absolute atomic E-state index is 12.3. The zero-order valence-corrected chi connectivity index (χ0v) is 13.9. The number of fused-ring (bicyclic) bond motifs is 1. The van der Waals surface area contributed by atoms with Gasteiger partial charge < -0.3 is 9.30 Å². The molecule has 2 aromatic carbocycles. The van der Waals surface area contributed by atoms with Gasteiger partial charge in [-0.1, -0.05) is 30.3 Å². The fourth-order valence-corrected chi connectivity index (χ4v) is 3.76. The Hall–Kier alpha value is -2.55. The molecule has 1 aliphatic carbocycles. The zero-order valence-electron chi connectivity index (χ0n) is 13.9. The Kier molecular flexibility index (Phi) is 3.85. The first-order valence-corrected chi connectivity index (χ1v) is 8.49. The summed E-state index contributed by atoms with van der Waals surface area (Å²) in [5.41, 5.74) is 3.58. The van der Waals surface area contributed by atoms with Crippen LogP contribution >= 0.6 is 0 Å². The van der Waals surface area contributed by atoms with Crippen molar-refractivity contribution in [2.75, 3.05) is 7.11 Å². The quantitative estimate of drug-likeness (QED) is 0.707. The van der Waals surface area contributed by atoms with Gasteiger partial charge >= 0.3 is 0 Å². The number of carbonyl (C=O) groups is 1. The highest BCUT2D eigenvalue weighted by Gasteiger charge is 2.29. The van der Waals surface area contributed by atoms with Crippen molar-refractivity contribution in [2.45, 2.75) is 31.7 Å². The maximum atomic E-state index is 12.3. The second-order valence-corrected chi connectivity index (χ2v) is 6.49. The first kappa shape index (κ1) is 15.0. The summed E-state index contributed by atoms with van der Waals surface area (Å²) < 4.78 is 7.66. The number of methoxy groups -OCH3 is 1. The van der Waals surface area contributed by atoms with Gasteiger partial charge in [0.1, 0.15) is 11.5 Å². The zero-order chi connectivity index (χ0) is 16.5. The monoisotopic (exact) mass is 319 g/mol. The molecule has 3 heteroatoms. The maximum Gasteiger partial charge on any atom is 0.140 e. The summed E-state index contributed by atoms with van der Waals surface area (Å²) in [5.74, 6) is 1.25. The molecule has 1 saturated carbocycles. The van der Waals surface area contributed by atoms with E-state index >= 15 is 0 Å². The van der Waals surface area contributed by atoms with Gasteiger partial charge in [-0.25, -0.2) is 0 Å². The number of rotatable bonds is 4. The van der Waals surface area contributed by atoms with Crippen molar-refractivity contribution in [3.63, 3.8) is 0 Å². The number of hydrogen-bond donors (Lipinski definition) is 0. The Bertz CT molecular complexity index is 879. The van der Waals surface area contributed by atoms with Gasteiger partial charge in [0.15, 0.2) is 0 Å². The Balaban J connectivity index is 1.83. The summed E-state index contributed by atoms with van der Waals surface area (Å²) >= 11 is 0. The van der Waals surface area contributed by atoms with E-state index in [1.165, 1.54) is 5.56 Å². The molecule has 3 aromatic rings. The topological polar surface area (TPSA) is 31.2 Å². The molecule has 4 rings (SSSR count). The summed E-state index contributed by atoms with van der Waals surface area (Å²) in [6, 6.07) is 16.6. The molecule has 1 atom stereocenters. The van der Waals surface area contributed by atoms with Crippen molar-refractivity contribution >= 4 is 16.7 Å². The van der Waals surface area contributed by atoms with Gasteiger partial charge in [-0.2, -0.15) is 0 Å². The molecule has 0 unspecified atom stereocenters. The highest BCUT2D eigenvalue weighted by Crippen LogP contribution is 2.38. The number of hydrogen-bond acceptors (Lipinski definition) is 2. The molecule has 1 heterocycles. The molecule has 0 spiro atoms. The molecule has 1 aliphatic rings. The standard InChI is InChI=1S/C21H21NO2/c1-24-16-10-11-20-18(12-16)19(17-8-5-9-21(17)23)14-22(20)13-15-6-3-2-4-7-15/h2-4,6-7,10-12,14,17H,5,8-9,13H2,1H3/t17-/m0/s1. The Morgan fingerprint density at radius 2 is 2.00 bits per heavy atom. The average molecular weight is 319 g/mol. The van der Waals surface area contributed by atoms with Crippen molar-refractivity contribution < 1.29 is 9.53 Å². The predicted molar refractivity (Wildman–Crippen MR) is 95.6 cm³/mol. The van der Waals surface area contributed by atoms with Crippen LogP contribution in [0.2, 0.25) is 0 Å². The van der Waals surface area contributed by atoms with Gasteiger partial charge in [0.05, 0.1) is 7.11 Å². The first-order valence-electron chi connectivity index (χ1n) is 8.49. The number of ether oxygens (including phenoxy) is 1. The largest absolute Gasteiger partial charge is 0.497 e. The first-order chi connectivity index (χ1) is 11.8. The smallest absolute Gasteiger partial charge is 0.140 e. The number of nitrogens with zero attached hydrogens (tertiary/aromatic N) is 1. The van der Waals surface area contributed by atoms with Crippen LogP contribution < -0.4 is 4.74 Å². The predicted octanol–water partition coefficient (Wildman–Crippen LogP) is 4.53. The van der Waals surface area contributed by atoms with Crippen molar-refractivity contribution in [3.8, 4) is 5.75 Å². The minimum atomic E-state index is 0.0385. The van der Waals surface area contributed by atoms with Crippen molar-refractivity contribution in [1.82, 2.24) is 4.57 Å². The molecule has 3 nitrogen and oxygen atoms in total. The molecule has 0 radical (unpaired) electrons. The van der Waals surface area contributed by atoms with E-state index in [2.05, 4.69) is 47.2 Å². The molecule has 0 amide bonds. The van der Waals surface area contributed by atoms with Crippen LogP contribution in [0.15, 0.2) is 54.7 Å².